The van der Waals surface area contributed by atoms with Gasteiger partial charge in [0.25, 0.3) is 0 Å². The second kappa shape index (κ2) is 6.72. The van der Waals surface area contributed by atoms with Gasteiger partial charge in [0.2, 0.25) is 5.92 Å². The molecule has 2 aliphatic rings. The van der Waals surface area contributed by atoms with Crippen LogP contribution in [0.3, 0.4) is 0 Å². The van der Waals surface area contributed by atoms with Gasteiger partial charge in [-0.05, 0) is 37.5 Å². The van der Waals surface area contributed by atoms with Crippen molar-refractivity contribution in [2.75, 3.05) is 19.6 Å². The van der Waals surface area contributed by atoms with E-state index in [-0.39, 0.29) is 18.8 Å². The minimum atomic E-state index is -2.51. The van der Waals surface area contributed by atoms with Crippen molar-refractivity contribution < 1.29 is 8.78 Å². The summed E-state index contributed by atoms with van der Waals surface area (Å²) < 4.78 is 27.1. The Hall–Kier alpha value is -0.870. The lowest BCUT2D eigenvalue weighted by Crippen LogP contribution is -2.42. The summed E-state index contributed by atoms with van der Waals surface area (Å²) >= 11 is 0. The predicted molar refractivity (Wildman–Crippen MR) is 78.0 cm³/mol. The van der Waals surface area contributed by atoms with Gasteiger partial charge in [-0.2, -0.15) is 0 Å². The van der Waals surface area contributed by atoms with E-state index in [0.717, 1.165) is 44.7 Å². The molecule has 20 heavy (non-hydrogen) atoms. The Balaban J connectivity index is 1.84. The Kier molecular flexibility index (Phi) is 5.22. The van der Waals surface area contributed by atoms with E-state index in [9.17, 15) is 8.78 Å². The van der Waals surface area contributed by atoms with E-state index in [4.69, 9.17) is 5.73 Å². The van der Waals surface area contributed by atoms with Crippen molar-refractivity contribution in [2.24, 2.45) is 22.6 Å². The summed E-state index contributed by atoms with van der Waals surface area (Å²) in [6, 6.07) is 0. The fourth-order valence-corrected chi connectivity index (χ4v) is 3.16. The number of rotatable bonds is 2. The largest absolute Gasteiger partial charge is 0.370 e. The van der Waals surface area contributed by atoms with Crippen LogP contribution in [0, 0.1) is 11.8 Å². The second-order valence-corrected chi connectivity index (χ2v) is 6.54. The normalized spacial score (nSPS) is 29.2. The first-order valence-electron chi connectivity index (χ1n) is 7.89. The van der Waals surface area contributed by atoms with Crippen molar-refractivity contribution in [1.82, 2.24) is 4.90 Å². The van der Waals surface area contributed by atoms with Crippen molar-refractivity contribution in [3.63, 3.8) is 0 Å². The highest BCUT2D eigenvalue weighted by atomic mass is 19.3. The van der Waals surface area contributed by atoms with Crippen molar-refractivity contribution in [3.05, 3.63) is 0 Å². The number of piperidine rings is 1. The first-order valence-corrected chi connectivity index (χ1v) is 7.89. The van der Waals surface area contributed by atoms with E-state index >= 15 is 0 Å². The molecule has 0 radical (unpaired) electrons. The van der Waals surface area contributed by atoms with Crippen LogP contribution in [0.5, 0.6) is 0 Å². The van der Waals surface area contributed by atoms with E-state index < -0.39 is 5.92 Å². The summed E-state index contributed by atoms with van der Waals surface area (Å²) in [6.45, 7) is 4.58. The van der Waals surface area contributed by atoms with Gasteiger partial charge in [0.05, 0.1) is 0 Å². The number of hydrogen-bond donors (Lipinski definition) is 1. The van der Waals surface area contributed by atoms with Crippen LogP contribution in [0.1, 0.15) is 51.9 Å². The molecule has 0 spiro atoms. The van der Waals surface area contributed by atoms with Gasteiger partial charge in [-0.15, -0.1) is 0 Å². The Morgan fingerprint density at radius 1 is 1.25 bits per heavy atom. The van der Waals surface area contributed by atoms with E-state index in [1.807, 2.05) is 0 Å². The van der Waals surface area contributed by atoms with Gasteiger partial charge in [-0.25, -0.2) is 8.78 Å². The molecule has 1 unspecified atom stereocenters. The Morgan fingerprint density at radius 3 is 2.65 bits per heavy atom. The Labute approximate surface area is 120 Å². The lowest BCUT2D eigenvalue weighted by molar-refractivity contribution is -0.0241. The molecule has 1 saturated heterocycles. The number of halogens is 2. The topological polar surface area (TPSA) is 41.6 Å². The summed E-state index contributed by atoms with van der Waals surface area (Å²) in [5.41, 5.74) is 6.01. The number of hydrogen-bond acceptors (Lipinski definition) is 1. The minimum Gasteiger partial charge on any atom is -0.370 e. The van der Waals surface area contributed by atoms with Crippen molar-refractivity contribution in [2.45, 2.75) is 57.8 Å². The highest BCUT2D eigenvalue weighted by Crippen LogP contribution is 2.35. The molecule has 2 rings (SSSR count). The van der Waals surface area contributed by atoms with Crippen molar-refractivity contribution >= 4 is 5.96 Å². The molecule has 0 aromatic carbocycles. The van der Waals surface area contributed by atoms with Crippen LogP contribution < -0.4 is 5.73 Å². The molecule has 3 nitrogen and oxygen atoms in total. The molecule has 2 fully saturated rings. The van der Waals surface area contributed by atoms with Gasteiger partial charge < -0.3 is 10.6 Å². The average molecular weight is 287 g/mol. The molecule has 1 saturated carbocycles. The lowest BCUT2D eigenvalue weighted by atomic mass is 9.99. The fourth-order valence-electron chi connectivity index (χ4n) is 3.16. The standard InChI is InChI=1S/C15H27F2N3/c1-12-5-8-20(9-6-12)14(18)19-11-13-4-2-3-7-15(16,17)10-13/h12-13H,2-11H2,1H3,(H2,18,19). The third-order valence-electron chi connectivity index (χ3n) is 4.61. The number of nitrogens with zero attached hydrogens (tertiary/aromatic N) is 2. The summed E-state index contributed by atoms with van der Waals surface area (Å²) in [5, 5.41) is 0. The van der Waals surface area contributed by atoms with E-state index in [1.54, 1.807) is 0 Å². The molecule has 5 heteroatoms. The number of likely N-dealkylation sites (tertiary alicyclic amines) is 1. The third-order valence-corrected chi connectivity index (χ3v) is 4.61. The van der Waals surface area contributed by atoms with Crippen LogP contribution in [0.25, 0.3) is 0 Å². The van der Waals surface area contributed by atoms with Gasteiger partial charge in [0.15, 0.2) is 5.96 Å². The first kappa shape index (κ1) is 15.5. The SMILES string of the molecule is CC1CCN(C(N)=NCC2CCCCC(F)(F)C2)CC1. The number of alkyl halides is 2. The molecule has 0 aromatic heterocycles. The maximum absolute atomic E-state index is 13.5. The van der Waals surface area contributed by atoms with Gasteiger partial charge in [0.1, 0.15) is 0 Å². The third kappa shape index (κ3) is 4.60. The summed E-state index contributed by atoms with van der Waals surface area (Å²) in [7, 11) is 0. The molecule has 1 aliphatic carbocycles. The van der Waals surface area contributed by atoms with Gasteiger partial charge in [-0.3, -0.25) is 4.99 Å². The molecule has 1 atom stereocenters. The smallest absolute Gasteiger partial charge is 0.248 e. The molecule has 0 bridgehead atoms. The van der Waals surface area contributed by atoms with E-state index in [2.05, 4.69) is 16.8 Å². The number of aliphatic imine (C=N–C) groups is 1. The second-order valence-electron chi connectivity index (χ2n) is 6.54. The highest BCUT2D eigenvalue weighted by Gasteiger charge is 2.34. The zero-order chi connectivity index (χ0) is 14.6. The average Bonchev–Trinajstić information content (AvgIpc) is 2.57. The first-order chi connectivity index (χ1) is 9.46. The maximum atomic E-state index is 13.5. The molecule has 1 aliphatic heterocycles. The molecule has 0 amide bonds. The van der Waals surface area contributed by atoms with Gasteiger partial charge >= 0.3 is 0 Å². The Morgan fingerprint density at radius 2 is 1.95 bits per heavy atom. The molecule has 2 N–H and O–H groups in total. The molecular formula is C15H27F2N3. The maximum Gasteiger partial charge on any atom is 0.248 e. The summed E-state index contributed by atoms with van der Waals surface area (Å²) in [4.78, 5) is 6.48. The van der Waals surface area contributed by atoms with Crippen LogP contribution in [0.2, 0.25) is 0 Å². The van der Waals surface area contributed by atoms with E-state index in [1.165, 1.54) is 0 Å². The van der Waals surface area contributed by atoms with Gasteiger partial charge in [0, 0.05) is 32.5 Å². The molecule has 0 aromatic rings. The van der Waals surface area contributed by atoms with Crippen LogP contribution >= 0.6 is 0 Å². The summed E-state index contributed by atoms with van der Waals surface area (Å²) in [5.74, 6) is -1.23. The van der Waals surface area contributed by atoms with E-state index in [0.29, 0.717) is 18.9 Å². The lowest BCUT2D eigenvalue weighted by Gasteiger charge is -2.31. The monoisotopic (exact) mass is 287 g/mol. The fraction of sp³-hybridized carbons (Fsp3) is 0.933. The van der Waals surface area contributed by atoms with Crippen LogP contribution in [-0.2, 0) is 0 Å². The molecule has 116 valence electrons. The number of guanidine groups is 1. The number of nitrogens with two attached hydrogens (primary N) is 1. The molecular weight excluding hydrogens is 260 g/mol. The highest BCUT2D eigenvalue weighted by molar-refractivity contribution is 5.78. The zero-order valence-corrected chi connectivity index (χ0v) is 12.5. The van der Waals surface area contributed by atoms with Crippen LogP contribution in [0.15, 0.2) is 4.99 Å². The van der Waals surface area contributed by atoms with Gasteiger partial charge in [-0.1, -0.05) is 13.3 Å². The van der Waals surface area contributed by atoms with Crippen LogP contribution in [-0.4, -0.2) is 36.4 Å². The minimum absolute atomic E-state index is 0.0187. The zero-order valence-electron chi connectivity index (χ0n) is 12.5. The van der Waals surface area contributed by atoms with Crippen molar-refractivity contribution in [1.29, 1.82) is 0 Å². The summed E-state index contributed by atoms with van der Waals surface area (Å²) in [6.07, 6.45) is 4.65. The molecule has 1 heterocycles. The van der Waals surface area contributed by atoms with Crippen molar-refractivity contribution in [3.8, 4) is 0 Å². The predicted octanol–water partition coefficient (Wildman–Crippen LogP) is 3.25. The van der Waals surface area contributed by atoms with Crippen LogP contribution in [0.4, 0.5) is 8.78 Å². The quantitative estimate of drug-likeness (QED) is 0.481. The Bertz CT molecular complexity index is 336.